The Labute approximate surface area is 172 Å². The van der Waals surface area contributed by atoms with Crippen LogP contribution in [0.5, 0.6) is 0 Å². The lowest BCUT2D eigenvalue weighted by Crippen LogP contribution is -2.28. The molecule has 4 nitrogen and oxygen atoms in total. The predicted molar refractivity (Wildman–Crippen MR) is 115 cm³/mol. The van der Waals surface area contributed by atoms with Crippen LogP contribution in [0.1, 0.15) is 42.9 Å². The second-order valence-electron chi connectivity index (χ2n) is 7.65. The van der Waals surface area contributed by atoms with Gasteiger partial charge < -0.3 is 0 Å². The van der Waals surface area contributed by atoms with Gasteiger partial charge in [0, 0.05) is 54.5 Å². The zero-order valence-corrected chi connectivity index (χ0v) is 16.5. The van der Waals surface area contributed by atoms with E-state index in [2.05, 4.69) is 52.6 Å². The molecular formula is C25H24N4. The van der Waals surface area contributed by atoms with E-state index in [4.69, 9.17) is 4.98 Å². The number of hydrogen-bond acceptors (Lipinski definition) is 4. The van der Waals surface area contributed by atoms with E-state index in [1.807, 2.05) is 49.9 Å². The summed E-state index contributed by atoms with van der Waals surface area (Å²) in [7, 11) is 0. The zero-order valence-electron chi connectivity index (χ0n) is 16.5. The number of aliphatic imine (C=N–C) groups is 1. The van der Waals surface area contributed by atoms with Crippen molar-refractivity contribution < 1.29 is 0 Å². The molecule has 29 heavy (non-hydrogen) atoms. The lowest BCUT2D eigenvalue weighted by molar-refractivity contribution is 0.367. The van der Waals surface area contributed by atoms with Crippen LogP contribution in [0.3, 0.4) is 0 Å². The van der Waals surface area contributed by atoms with Crippen molar-refractivity contribution in [3.05, 3.63) is 95.8 Å². The van der Waals surface area contributed by atoms with Crippen molar-refractivity contribution in [1.82, 2.24) is 9.97 Å². The number of pyridine rings is 2. The van der Waals surface area contributed by atoms with E-state index in [0.717, 1.165) is 29.7 Å². The zero-order chi connectivity index (χ0) is 20.1. The maximum Gasteiger partial charge on any atom is 0.0991 e. The first-order valence-electron chi connectivity index (χ1n) is 10.1. The molecule has 0 saturated heterocycles. The van der Waals surface area contributed by atoms with Gasteiger partial charge in [0.25, 0.3) is 0 Å². The fraction of sp³-hybridized carbons (Fsp3) is 0.280. The number of nitriles is 1. The number of hydrogen-bond donors (Lipinski definition) is 0. The second-order valence-corrected chi connectivity index (χ2v) is 7.65. The average molecular weight is 380 g/mol. The standard InChI is InChI=1S/C25H24N4/c1-18-9-10-19(14-22(18)15-26)25(23-8-2-3-13-29-23)24(20-6-4-11-27-16-20)21-7-5-12-28-17-21/h2-6,8-9,11-14,16-17,19,21,24-25H,7,10H2,1H3. The van der Waals surface area contributed by atoms with Crippen molar-refractivity contribution in [2.45, 2.75) is 31.6 Å². The Bertz CT molecular complexity index is 996. The van der Waals surface area contributed by atoms with Crippen LogP contribution >= 0.6 is 0 Å². The molecule has 0 spiro atoms. The molecule has 1 aliphatic heterocycles. The summed E-state index contributed by atoms with van der Waals surface area (Å²) >= 11 is 0. The summed E-state index contributed by atoms with van der Waals surface area (Å²) < 4.78 is 0. The highest BCUT2D eigenvalue weighted by molar-refractivity contribution is 5.65. The smallest absolute Gasteiger partial charge is 0.0991 e. The maximum absolute atomic E-state index is 9.62. The van der Waals surface area contributed by atoms with Crippen LogP contribution in [0.4, 0.5) is 0 Å². The Morgan fingerprint density at radius 1 is 1.07 bits per heavy atom. The van der Waals surface area contributed by atoms with Crippen molar-refractivity contribution >= 4 is 6.21 Å². The summed E-state index contributed by atoms with van der Waals surface area (Å²) in [6.07, 6.45) is 17.9. The van der Waals surface area contributed by atoms with Crippen molar-refractivity contribution in [2.75, 3.05) is 0 Å². The summed E-state index contributed by atoms with van der Waals surface area (Å²) in [6.45, 7) is 2.01. The molecule has 2 aromatic heterocycles. The minimum atomic E-state index is 0.121. The highest BCUT2D eigenvalue weighted by Gasteiger charge is 2.37. The third-order valence-corrected chi connectivity index (χ3v) is 5.91. The van der Waals surface area contributed by atoms with Crippen LogP contribution in [-0.2, 0) is 0 Å². The Hall–Kier alpha value is -3.32. The topological polar surface area (TPSA) is 61.9 Å². The van der Waals surface area contributed by atoms with Gasteiger partial charge in [-0.05, 0) is 55.0 Å². The van der Waals surface area contributed by atoms with Gasteiger partial charge in [-0.25, -0.2) is 0 Å². The van der Waals surface area contributed by atoms with Crippen molar-refractivity contribution in [2.24, 2.45) is 16.8 Å². The number of nitrogens with zero attached hydrogens (tertiary/aromatic N) is 4. The van der Waals surface area contributed by atoms with Gasteiger partial charge in [-0.15, -0.1) is 0 Å². The third kappa shape index (κ3) is 4.09. The van der Waals surface area contributed by atoms with Gasteiger partial charge in [-0.1, -0.05) is 30.4 Å². The fourth-order valence-electron chi connectivity index (χ4n) is 4.49. The molecule has 0 bridgehead atoms. The summed E-state index contributed by atoms with van der Waals surface area (Å²) in [4.78, 5) is 13.6. The molecular weight excluding hydrogens is 356 g/mol. The molecule has 4 unspecified atom stereocenters. The quantitative estimate of drug-likeness (QED) is 0.701. The van der Waals surface area contributed by atoms with Crippen LogP contribution in [0.25, 0.3) is 0 Å². The Morgan fingerprint density at radius 3 is 2.69 bits per heavy atom. The first kappa shape index (κ1) is 19.0. The minimum absolute atomic E-state index is 0.121. The monoisotopic (exact) mass is 380 g/mol. The first-order chi connectivity index (χ1) is 14.3. The van der Waals surface area contributed by atoms with Crippen molar-refractivity contribution in [3.63, 3.8) is 0 Å². The summed E-state index contributed by atoms with van der Waals surface area (Å²) in [5, 5.41) is 9.62. The molecule has 0 fully saturated rings. The number of rotatable bonds is 5. The molecule has 0 N–H and O–H groups in total. The Morgan fingerprint density at radius 2 is 2.00 bits per heavy atom. The third-order valence-electron chi connectivity index (χ3n) is 5.91. The molecule has 4 atom stereocenters. The summed E-state index contributed by atoms with van der Waals surface area (Å²) in [5.74, 6) is 0.728. The second kappa shape index (κ2) is 8.79. The van der Waals surface area contributed by atoms with Gasteiger partial charge in [-0.2, -0.15) is 5.26 Å². The number of aromatic nitrogens is 2. The van der Waals surface area contributed by atoms with Crippen LogP contribution < -0.4 is 0 Å². The van der Waals surface area contributed by atoms with Crippen LogP contribution in [-0.4, -0.2) is 16.2 Å². The maximum atomic E-state index is 9.62. The van der Waals surface area contributed by atoms with E-state index < -0.39 is 0 Å². The van der Waals surface area contributed by atoms with E-state index in [1.165, 1.54) is 5.56 Å². The molecule has 1 aliphatic carbocycles. The normalized spacial score (nSPS) is 22.9. The molecule has 0 amide bonds. The highest BCUT2D eigenvalue weighted by Crippen LogP contribution is 2.46. The van der Waals surface area contributed by atoms with Crippen LogP contribution in [0, 0.1) is 23.2 Å². The summed E-state index contributed by atoms with van der Waals surface area (Å²) in [6, 6.07) is 12.6. The fourth-order valence-corrected chi connectivity index (χ4v) is 4.49. The molecule has 144 valence electrons. The summed E-state index contributed by atoms with van der Waals surface area (Å²) in [5.41, 5.74) is 4.07. The molecule has 4 rings (SSSR count). The molecule has 3 heterocycles. The van der Waals surface area contributed by atoms with E-state index in [9.17, 15) is 5.26 Å². The molecule has 2 aromatic rings. The minimum Gasteiger partial charge on any atom is -0.269 e. The van der Waals surface area contributed by atoms with Crippen LogP contribution in [0.2, 0.25) is 0 Å². The lowest BCUT2D eigenvalue weighted by atomic mass is 9.67. The predicted octanol–water partition coefficient (Wildman–Crippen LogP) is 5.36. The number of allylic oxidation sites excluding steroid dienone is 5. The Kier molecular flexibility index (Phi) is 5.76. The van der Waals surface area contributed by atoms with Gasteiger partial charge in [0.1, 0.15) is 0 Å². The van der Waals surface area contributed by atoms with E-state index in [-0.39, 0.29) is 23.7 Å². The van der Waals surface area contributed by atoms with E-state index in [1.54, 1.807) is 0 Å². The molecule has 2 aliphatic rings. The van der Waals surface area contributed by atoms with Gasteiger partial charge >= 0.3 is 0 Å². The van der Waals surface area contributed by atoms with Gasteiger partial charge in [0.2, 0.25) is 0 Å². The molecule has 0 aromatic carbocycles. The lowest BCUT2D eigenvalue weighted by Gasteiger charge is -2.37. The van der Waals surface area contributed by atoms with E-state index >= 15 is 0 Å². The first-order valence-corrected chi connectivity index (χ1v) is 10.1. The SMILES string of the molecule is CC1=CCC(C(c2ccccn2)C(c2cccnc2)C2C=NC=CC2)C=C1C#N. The van der Waals surface area contributed by atoms with Gasteiger partial charge in [0.05, 0.1) is 11.6 Å². The molecule has 0 radical (unpaired) electrons. The molecule has 0 saturated carbocycles. The van der Waals surface area contributed by atoms with Crippen molar-refractivity contribution in [3.8, 4) is 6.07 Å². The molecule has 4 heteroatoms. The van der Waals surface area contributed by atoms with Gasteiger partial charge in [-0.3, -0.25) is 15.0 Å². The Balaban J connectivity index is 1.84. The van der Waals surface area contributed by atoms with Gasteiger partial charge in [0.15, 0.2) is 0 Å². The van der Waals surface area contributed by atoms with E-state index in [0.29, 0.717) is 0 Å². The van der Waals surface area contributed by atoms with Crippen LogP contribution in [0.15, 0.2) is 89.5 Å². The van der Waals surface area contributed by atoms with Crippen molar-refractivity contribution in [1.29, 1.82) is 5.26 Å². The largest absolute Gasteiger partial charge is 0.269 e. The average Bonchev–Trinajstić information content (AvgIpc) is 2.80. The highest BCUT2D eigenvalue weighted by atomic mass is 14.7.